The largest absolute Gasteiger partial charge is 0.481 e. The van der Waals surface area contributed by atoms with Crippen molar-refractivity contribution in [2.75, 3.05) is 26.4 Å². The van der Waals surface area contributed by atoms with Gasteiger partial charge in [0.2, 0.25) is 5.91 Å². The minimum atomic E-state index is -1.15. The average Bonchev–Trinajstić information content (AvgIpc) is 3.08. The van der Waals surface area contributed by atoms with Crippen molar-refractivity contribution >= 4 is 35.5 Å². The van der Waals surface area contributed by atoms with Gasteiger partial charge >= 0.3 is 12.1 Å². The lowest BCUT2D eigenvalue weighted by Crippen LogP contribution is -2.46. The van der Waals surface area contributed by atoms with Gasteiger partial charge in [-0.25, -0.2) is 4.79 Å². The zero-order valence-corrected chi connectivity index (χ0v) is 30.6. The fraction of sp³-hybridized carbons (Fsp3) is 0.450. The Morgan fingerprint density at radius 2 is 1.27 bits per heavy atom. The standard InChI is InChI=1S/C40H52N2O6S/c1-30(26-27-41(5)38(47)48-39(2,3)4)37(46)34(29-36(44)45)42(6)35(43)25-17-10-18-28-49-40(31-19-11-7-12-20-31,32-21-13-8-14-22-32)33-23-15-9-16-24-33/h7-9,11-16,19-24,30,34H,10,17-18,25-29H2,1-6H3,(H,44,45)/t30?,34-/m0/s1. The van der Waals surface area contributed by atoms with E-state index in [9.17, 15) is 24.3 Å². The number of amides is 2. The highest BCUT2D eigenvalue weighted by Crippen LogP contribution is 2.48. The van der Waals surface area contributed by atoms with Gasteiger partial charge in [-0.05, 0) is 62.5 Å². The zero-order valence-electron chi connectivity index (χ0n) is 29.8. The normalized spacial score (nSPS) is 12.9. The highest BCUT2D eigenvalue weighted by Gasteiger charge is 2.37. The number of carboxylic acid groups (broad SMARTS) is 1. The molecule has 49 heavy (non-hydrogen) atoms. The van der Waals surface area contributed by atoms with E-state index in [0.717, 1.165) is 18.6 Å². The minimum Gasteiger partial charge on any atom is -0.481 e. The Hall–Kier alpha value is -4.11. The summed E-state index contributed by atoms with van der Waals surface area (Å²) < 4.78 is 4.97. The number of carbonyl (C=O) groups excluding carboxylic acids is 3. The number of hydrogen-bond donors (Lipinski definition) is 1. The molecule has 1 unspecified atom stereocenters. The molecule has 8 nitrogen and oxygen atoms in total. The molecule has 0 bridgehead atoms. The number of likely N-dealkylation sites (N-methyl/N-ethyl adjacent to an activating group) is 1. The van der Waals surface area contributed by atoms with E-state index >= 15 is 0 Å². The molecule has 1 N–H and O–H groups in total. The van der Waals surface area contributed by atoms with E-state index < -0.39 is 40.8 Å². The molecule has 3 aromatic carbocycles. The van der Waals surface area contributed by atoms with Crippen LogP contribution in [0.2, 0.25) is 0 Å². The summed E-state index contributed by atoms with van der Waals surface area (Å²) in [5.41, 5.74) is 2.97. The SMILES string of the molecule is CC(CCN(C)C(=O)OC(C)(C)C)C(=O)[C@H](CC(=O)O)N(C)C(=O)CCCCCSC(c1ccccc1)(c1ccccc1)c1ccccc1. The van der Waals surface area contributed by atoms with Gasteiger partial charge in [-0.2, -0.15) is 0 Å². The summed E-state index contributed by atoms with van der Waals surface area (Å²) in [6, 6.07) is 30.5. The maximum absolute atomic E-state index is 13.4. The number of aliphatic carboxylic acids is 1. The third-order valence-corrected chi connectivity index (χ3v) is 10.2. The smallest absolute Gasteiger partial charge is 0.410 e. The van der Waals surface area contributed by atoms with Crippen molar-refractivity contribution in [2.24, 2.45) is 5.92 Å². The average molecular weight is 689 g/mol. The van der Waals surface area contributed by atoms with E-state index in [1.54, 1.807) is 34.7 Å². The molecule has 0 heterocycles. The molecule has 3 rings (SSSR count). The molecule has 0 aliphatic carbocycles. The molecular formula is C40H52N2O6S. The Balaban J connectivity index is 1.60. The first-order valence-electron chi connectivity index (χ1n) is 17.0. The second-order valence-electron chi connectivity index (χ2n) is 13.6. The van der Waals surface area contributed by atoms with Crippen LogP contribution in [-0.4, -0.2) is 76.7 Å². The van der Waals surface area contributed by atoms with E-state index in [2.05, 4.69) is 72.8 Å². The number of Topliss-reactive ketones (excluding diaryl/α,β-unsaturated/α-hetero) is 1. The van der Waals surface area contributed by atoms with Crippen LogP contribution in [0.5, 0.6) is 0 Å². The summed E-state index contributed by atoms with van der Waals surface area (Å²) in [6.07, 6.45) is 1.91. The van der Waals surface area contributed by atoms with Crippen LogP contribution >= 0.6 is 11.8 Å². The van der Waals surface area contributed by atoms with Crippen LogP contribution in [-0.2, 0) is 23.9 Å². The number of thioether (sulfide) groups is 1. The molecule has 0 aliphatic rings. The van der Waals surface area contributed by atoms with E-state index in [4.69, 9.17) is 4.74 Å². The van der Waals surface area contributed by atoms with E-state index in [1.807, 2.05) is 30.0 Å². The summed E-state index contributed by atoms with van der Waals surface area (Å²) in [4.78, 5) is 53.4. The number of carbonyl (C=O) groups is 4. The number of ether oxygens (including phenoxy) is 1. The fourth-order valence-corrected chi connectivity index (χ4v) is 7.34. The zero-order chi connectivity index (χ0) is 36.0. The lowest BCUT2D eigenvalue weighted by Gasteiger charge is -2.35. The monoisotopic (exact) mass is 688 g/mol. The number of rotatable bonds is 18. The maximum atomic E-state index is 13.4. The van der Waals surface area contributed by atoms with Crippen LogP contribution in [0.4, 0.5) is 4.79 Å². The van der Waals surface area contributed by atoms with E-state index in [-0.39, 0.29) is 24.7 Å². The predicted molar refractivity (Wildman–Crippen MR) is 197 cm³/mol. The van der Waals surface area contributed by atoms with Gasteiger partial charge in [0.25, 0.3) is 0 Å². The molecule has 2 atom stereocenters. The molecule has 264 valence electrons. The first-order valence-corrected chi connectivity index (χ1v) is 18.0. The van der Waals surface area contributed by atoms with Gasteiger partial charge in [-0.1, -0.05) is 104 Å². The quantitative estimate of drug-likeness (QED) is 0.107. The van der Waals surface area contributed by atoms with Crippen molar-refractivity contribution in [3.8, 4) is 0 Å². The highest BCUT2D eigenvalue weighted by molar-refractivity contribution is 8.00. The fourth-order valence-electron chi connectivity index (χ4n) is 5.78. The Bertz CT molecular complexity index is 1400. The van der Waals surface area contributed by atoms with Crippen LogP contribution in [0.15, 0.2) is 91.0 Å². The van der Waals surface area contributed by atoms with Gasteiger partial charge in [0.1, 0.15) is 11.6 Å². The first-order chi connectivity index (χ1) is 23.3. The molecule has 0 aliphatic heterocycles. The number of ketones is 1. The van der Waals surface area contributed by atoms with Gasteiger partial charge < -0.3 is 19.6 Å². The first kappa shape index (κ1) is 39.3. The van der Waals surface area contributed by atoms with Gasteiger partial charge in [0, 0.05) is 33.0 Å². The molecule has 0 aromatic heterocycles. The third-order valence-electron chi connectivity index (χ3n) is 8.54. The summed E-state index contributed by atoms with van der Waals surface area (Å²) >= 11 is 1.89. The van der Waals surface area contributed by atoms with Gasteiger partial charge in [0.15, 0.2) is 5.78 Å². The molecule has 0 radical (unpaired) electrons. The number of nitrogens with zero attached hydrogens (tertiary/aromatic N) is 2. The van der Waals surface area contributed by atoms with E-state index in [0.29, 0.717) is 12.8 Å². The molecule has 0 saturated heterocycles. The Kier molecular flexibility index (Phi) is 14.9. The second kappa shape index (κ2) is 18.6. The molecule has 0 spiro atoms. The lowest BCUT2D eigenvalue weighted by molar-refractivity contribution is -0.146. The van der Waals surface area contributed by atoms with Crippen molar-refractivity contribution in [1.29, 1.82) is 0 Å². The number of unbranched alkanes of at least 4 members (excludes halogenated alkanes) is 2. The van der Waals surface area contributed by atoms with Crippen LogP contribution in [0.25, 0.3) is 0 Å². The summed E-state index contributed by atoms with van der Waals surface area (Å²) in [5.74, 6) is -1.42. The third kappa shape index (κ3) is 11.5. The van der Waals surface area contributed by atoms with Crippen molar-refractivity contribution in [1.82, 2.24) is 9.80 Å². The van der Waals surface area contributed by atoms with Crippen molar-refractivity contribution in [3.05, 3.63) is 108 Å². The van der Waals surface area contributed by atoms with Crippen molar-refractivity contribution in [3.63, 3.8) is 0 Å². The molecule has 3 aromatic rings. The lowest BCUT2D eigenvalue weighted by atomic mass is 9.84. The topological polar surface area (TPSA) is 104 Å². The number of hydrogen-bond acceptors (Lipinski definition) is 6. The molecule has 0 saturated carbocycles. The Morgan fingerprint density at radius 1 is 0.776 bits per heavy atom. The van der Waals surface area contributed by atoms with Crippen LogP contribution in [0.1, 0.15) is 82.9 Å². The van der Waals surface area contributed by atoms with Crippen molar-refractivity contribution in [2.45, 2.75) is 82.6 Å². The number of carboxylic acids is 1. The van der Waals surface area contributed by atoms with Gasteiger partial charge in [0.05, 0.1) is 11.2 Å². The van der Waals surface area contributed by atoms with Crippen LogP contribution in [0, 0.1) is 5.92 Å². The summed E-state index contributed by atoms with van der Waals surface area (Å²) in [5, 5.41) is 9.57. The Labute approximate surface area is 296 Å². The van der Waals surface area contributed by atoms with Crippen molar-refractivity contribution < 1.29 is 29.0 Å². The highest BCUT2D eigenvalue weighted by atomic mass is 32.2. The molecule has 9 heteroatoms. The molecule has 2 amide bonds. The minimum absolute atomic E-state index is 0.224. The van der Waals surface area contributed by atoms with Crippen LogP contribution < -0.4 is 0 Å². The second-order valence-corrected chi connectivity index (χ2v) is 14.9. The molecular weight excluding hydrogens is 637 g/mol. The maximum Gasteiger partial charge on any atom is 0.410 e. The summed E-state index contributed by atoms with van der Waals surface area (Å²) in [7, 11) is 3.11. The van der Waals surface area contributed by atoms with Crippen LogP contribution in [0.3, 0.4) is 0 Å². The predicted octanol–water partition coefficient (Wildman–Crippen LogP) is 8.04. The van der Waals surface area contributed by atoms with Gasteiger partial charge in [-0.3, -0.25) is 14.4 Å². The van der Waals surface area contributed by atoms with E-state index in [1.165, 1.54) is 33.5 Å². The number of benzene rings is 3. The molecule has 0 fully saturated rings. The summed E-state index contributed by atoms with van der Waals surface area (Å²) in [6.45, 7) is 7.30. The van der Waals surface area contributed by atoms with Gasteiger partial charge in [-0.15, -0.1) is 11.8 Å². The Morgan fingerprint density at radius 3 is 1.71 bits per heavy atom.